The summed E-state index contributed by atoms with van der Waals surface area (Å²) in [6.07, 6.45) is 0. The highest BCUT2D eigenvalue weighted by atomic mass is 35.5. The fourth-order valence-electron chi connectivity index (χ4n) is 2.19. The van der Waals surface area contributed by atoms with E-state index in [1.165, 1.54) is 16.8 Å². The fraction of sp³-hybridized carbons (Fsp3) is 0.0588. The molecule has 0 unspecified atom stereocenters. The van der Waals surface area contributed by atoms with Gasteiger partial charge < -0.3 is 5.32 Å². The van der Waals surface area contributed by atoms with Crippen molar-refractivity contribution < 1.29 is 4.39 Å². The molecule has 3 rings (SSSR count). The first-order valence-corrected chi connectivity index (χ1v) is 6.77. The third-order valence-corrected chi connectivity index (χ3v) is 3.54. The van der Waals surface area contributed by atoms with Crippen molar-refractivity contribution in [2.75, 3.05) is 5.32 Å². The van der Waals surface area contributed by atoms with E-state index in [4.69, 9.17) is 11.6 Å². The third-order valence-electron chi connectivity index (χ3n) is 3.25. The van der Waals surface area contributed by atoms with E-state index in [1.54, 1.807) is 12.1 Å². The van der Waals surface area contributed by atoms with Gasteiger partial charge in [0.25, 0.3) is 0 Å². The van der Waals surface area contributed by atoms with Gasteiger partial charge in [0.05, 0.1) is 10.7 Å². The molecule has 0 aliphatic carbocycles. The van der Waals surface area contributed by atoms with Crippen LogP contribution in [-0.4, -0.2) is 0 Å². The van der Waals surface area contributed by atoms with Crippen LogP contribution in [0.15, 0.2) is 60.7 Å². The summed E-state index contributed by atoms with van der Waals surface area (Å²) in [5.41, 5.74) is 1.52. The Bertz CT molecular complexity index is 755. The van der Waals surface area contributed by atoms with E-state index in [2.05, 4.69) is 29.6 Å². The Morgan fingerprint density at radius 2 is 1.70 bits per heavy atom. The van der Waals surface area contributed by atoms with Crippen molar-refractivity contribution in [1.82, 2.24) is 0 Å². The van der Waals surface area contributed by atoms with Gasteiger partial charge in [-0.1, -0.05) is 54.1 Å². The quantitative estimate of drug-likeness (QED) is 0.693. The predicted molar refractivity (Wildman–Crippen MR) is 82.7 cm³/mol. The van der Waals surface area contributed by atoms with Crippen LogP contribution in [-0.2, 0) is 6.54 Å². The Hall–Kier alpha value is -2.06. The van der Waals surface area contributed by atoms with Gasteiger partial charge in [-0.2, -0.15) is 0 Å². The summed E-state index contributed by atoms with van der Waals surface area (Å²) in [5, 5.41) is 5.59. The van der Waals surface area contributed by atoms with Crippen molar-refractivity contribution >= 4 is 28.1 Å². The zero-order valence-corrected chi connectivity index (χ0v) is 11.5. The van der Waals surface area contributed by atoms with Gasteiger partial charge in [-0.25, -0.2) is 4.39 Å². The van der Waals surface area contributed by atoms with Crippen molar-refractivity contribution in [3.05, 3.63) is 77.1 Å². The second-order valence-electron chi connectivity index (χ2n) is 4.64. The van der Waals surface area contributed by atoms with Crippen molar-refractivity contribution in [3.63, 3.8) is 0 Å². The number of halogens is 2. The van der Waals surface area contributed by atoms with Crippen LogP contribution < -0.4 is 5.32 Å². The van der Waals surface area contributed by atoms with Crippen LogP contribution in [0.2, 0.25) is 5.02 Å². The van der Waals surface area contributed by atoms with Gasteiger partial charge in [-0.15, -0.1) is 0 Å². The fourth-order valence-corrected chi connectivity index (χ4v) is 2.36. The molecule has 3 heteroatoms. The molecule has 0 radical (unpaired) electrons. The highest BCUT2D eigenvalue weighted by Crippen LogP contribution is 2.23. The lowest BCUT2D eigenvalue weighted by atomic mass is 10.1. The number of benzene rings is 3. The number of hydrogen-bond acceptors (Lipinski definition) is 1. The Balaban J connectivity index is 1.81. The molecule has 20 heavy (non-hydrogen) atoms. The molecule has 0 spiro atoms. The number of anilines is 1. The minimum absolute atomic E-state index is 0.133. The van der Waals surface area contributed by atoms with Crippen LogP contribution >= 0.6 is 11.6 Å². The zero-order valence-electron chi connectivity index (χ0n) is 10.7. The lowest BCUT2D eigenvalue weighted by Crippen LogP contribution is -2.01. The molecule has 0 amide bonds. The van der Waals surface area contributed by atoms with Crippen LogP contribution in [0.1, 0.15) is 5.56 Å². The Morgan fingerprint density at radius 3 is 2.55 bits per heavy atom. The molecule has 0 aliphatic heterocycles. The molecule has 0 atom stereocenters. The lowest BCUT2D eigenvalue weighted by Gasteiger charge is -2.09. The molecule has 0 fully saturated rings. The smallest absolute Gasteiger partial charge is 0.164 e. The maximum absolute atomic E-state index is 13.8. The van der Waals surface area contributed by atoms with E-state index in [-0.39, 0.29) is 5.02 Å². The number of hydrogen-bond donors (Lipinski definition) is 1. The number of rotatable bonds is 3. The summed E-state index contributed by atoms with van der Waals surface area (Å²) in [6, 6.07) is 19.3. The summed E-state index contributed by atoms with van der Waals surface area (Å²) >= 11 is 5.76. The molecule has 0 heterocycles. The van der Waals surface area contributed by atoms with E-state index in [9.17, 15) is 4.39 Å². The van der Waals surface area contributed by atoms with Gasteiger partial charge in [0.1, 0.15) is 0 Å². The molecule has 0 saturated carbocycles. The van der Waals surface area contributed by atoms with Gasteiger partial charge in [0.2, 0.25) is 0 Å². The van der Waals surface area contributed by atoms with Crippen molar-refractivity contribution in [1.29, 1.82) is 0 Å². The normalized spacial score (nSPS) is 10.7. The minimum atomic E-state index is -0.407. The zero-order chi connectivity index (χ0) is 13.9. The molecule has 0 aliphatic rings. The Labute approximate surface area is 122 Å². The van der Waals surface area contributed by atoms with Gasteiger partial charge >= 0.3 is 0 Å². The van der Waals surface area contributed by atoms with Crippen LogP contribution in [0, 0.1) is 5.82 Å². The van der Waals surface area contributed by atoms with E-state index >= 15 is 0 Å². The summed E-state index contributed by atoms with van der Waals surface area (Å²) in [5.74, 6) is -0.407. The summed E-state index contributed by atoms with van der Waals surface area (Å²) in [7, 11) is 0. The number of fused-ring (bicyclic) bond motifs is 1. The van der Waals surface area contributed by atoms with E-state index in [1.807, 2.05) is 18.2 Å². The molecule has 0 aromatic heterocycles. The Morgan fingerprint density at radius 1 is 0.900 bits per heavy atom. The highest BCUT2D eigenvalue weighted by Gasteiger charge is 2.05. The monoisotopic (exact) mass is 285 g/mol. The topological polar surface area (TPSA) is 12.0 Å². The standard InChI is InChI=1S/C17H13ClFN/c18-15-6-3-7-16(17(15)19)20-11-12-8-9-13-4-1-2-5-14(13)10-12/h1-10,20H,11H2. The van der Waals surface area contributed by atoms with Crippen LogP contribution in [0.4, 0.5) is 10.1 Å². The lowest BCUT2D eigenvalue weighted by molar-refractivity contribution is 0.630. The molecule has 3 aromatic carbocycles. The molecule has 100 valence electrons. The second-order valence-corrected chi connectivity index (χ2v) is 5.04. The molecule has 3 aromatic rings. The maximum Gasteiger partial charge on any atom is 0.164 e. The molecular formula is C17H13ClFN. The van der Waals surface area contributed by atoms with Crippen LogP contribution in [0.25, 0.3) is 10.8 Å². The van der Waals surface area contributed by atoms with Crippen molar-refractivity contribution in [3.8, 4) is 0 Å². The first-order chi connectivity index (χ1) is 9.74. The summed E-state index contributed by atoms with van der Waals surface area (Å²) in [6.45, 7) is 0.558. The first kappa shape index (κ1) is 12.9. The maximum atomic E-state index is 13.8. The number of nitrogens with one attached hydrogen (secondary N) is 1. The van der Waals surface area contributed by atoms with Crippen LogP contribution in [0.5, 0.6) is 0 Å². The molecule has 1 N–H and O–H groups in total. The average Bonchev–Trinajstić information content (AvgIpc) is 2.48. The van der Waals surface area contributed by atoms with Crippen molar-refractivity contribution in [2.45, 2.75) is 6.54 Å². The largest absolute Gasteiger partial charge is 0.379 e. The molecule has 0 bridgehead atoms. The average molecular weight is 286 g/mol. The summed E-state index contributed by atoms with van der Waals surface area (Å²) in [4.78, 5) is 0. The Kier molecular flexibility index (Phi) is 3.57. The second kappa shape index (κ2) is 5.51. The molecule has 0 saturated heterocycles. The third kappa shape index (κ3) is 2.61. The highest BCUT2D eigenvalue weighted by molar-refractivity contribution is 6.31. The SMILES string of the molecule is Fc1c(Cl)cccc1NCc1ccc2ccccc2c1. The van der Waals surface area contributed by atoms with E-state index in [0.29, 0.717) is 12.2 Å². The summed E-state index contributed by atoms with van der Waals surface area (Å²) < 4.78 is 13.8. The van der Waals surface area contributed by atoms with Gasteiger partial charge in [-0.3, -0.25) is 0 Å². The minimum Gasteiger partial charge on any atom is -0.379 e. The van der Waals surface area contributed by atoms with Crippen molar-refractivity contribution in [2.24, 2.45) is 0 Å². The van der Waals surface area contributed by atoms with Gasteiger partial charge in [0, 0.05) is 6.54 Å². The van der Waals surface area contributed by atoms with Gasteiger partial charge in [-0.05, 0) is 34.5 Å². The molecular weight excluding hydrogens is 273 g/mol. The van der Waals surface area contributed by atoms with E-state index in [0.717, 1.165) is 5.56 Å². The molecule has 1 nitrogen and oxygen atoms in total. The van der Waals surface area contributed by atoms with Crippen LogP contribution in [0.3, 0.4) is 0 Å². The first-order valence-electron chi connectivity index (χ1n) is 6.39. The predicted octanol–water partition coefficient (Wildman–Crippen LogP) is 5.24. The van der Waals surface area contributed by atoms with Gasteiger partial charge in [0.15, 0.2) is 5.82 Å². The van der Waals surface area contributed by atoms with E-state index < -0.39 is 5.82 Å².